The van der Waals surface area contributed by atoms with Crippen LogP contribution in [0.1, 0.15) is 20.8 Å². The first-order chi connectivity index (χ1) is 6.78. The van der Waals surface area contributed by atoms with Crippen LogP contribution >= 0.6 is 0 Å². The summed E-state index contributed by atoms with van der Waals surface area (Å²) in [5.74, 6) is 0. The van der Waals surface area contributed by atoms with Crippen LogP contribution in [0, 0.1) is 0 Å². The fourth-order valence-corrected chi connectivity index (χ4v) is 0.975. The maximum absolute atomic E-state index is 11.5. The highest BCUT2D eigenvalue weighted by Gasteiger charge is 2.18. The largest absolute Gasteiger partial charge is 0.392 e. The van der Waals surface area contributed by atoms with Crippen LogP contribution in [0.5, 0.6) is 0 Å². The van der Waals surface area contributed by atoms with Crippen LogP contribution in [0.3, 0.4) is 0 Å². The second-order valence-corrected chi connectivity index (χ2v) is 4.35. The normalized spacial score (nSPS) is 13.5. The van der Waals surface area contributed by atoms with Gasteiger partial charge in [-0.25, -0.2) is 4.79 Å². The number of carbonyl (C=O) groups excluding carboxylic acids is 1. The Balaban J connectivity index is 3.93. The van der Waals surface area contributed by atoms with Crippen molar-refractivity contribution in [2.45, 2.75) is 32.5 Å². The van der Waals surface area contributed by atoms with Gasteiger partial charge in [0.2, 0.25) is 0 Å². The van der Waals surface area contributed by atoms with Gasteiger partial charge in [0.25, 0.3) is 0 Å². The molecule has 1 unspecified atom stereocenters. The van der Waals surface area contributed by atoms with Gasteiger partial charge < -0.3 is 20.1 Å². The highest BCUT2D eigenvalue weighted by Crippen LogP contribution is 2.04. The van der Waals surface area contributed by atoms with Gasteiger partial charge in [-0.15, -0.1) is 0 Å². The molecule has 0 radical (unpaired) electrons. The van der Waals surface area contributed by atoms with Gasteiger partial charge in [-0.1, -0.05) is 0 Å². The van der Waals surface area contributed by atoms with Crippen molar-refractivity contribution in [3.63, 3.8) is 0 Å². The van der Waals surface area contributed by atoms with E-state index in [4.69, 9.17) is 9.84 Å². The molecule has 0 aromatic rings. The van der Waals surface area contributed by atoms with Crippen molar-refractivity contribution in [3.05, 3.63) is 0 Å². The lowest BCUT2D eigenvalue weighted by atomic mass is 10.1. The highest BCUT2D eigenvalue weighted by molar-refractivity contribution is 5.73. The molecule has 0 fully saturated rings. The average Bonchev–Trinajstić information content (AvgIpc) is 2.13. The summed E-state index contributed by atoms with van der Waals surface area (Å²) in [4.78, 5) is 12.9. The Labute approximate surface area is 91.4 Å². The first kappa shape index (κ1) is 14.2. The molecule has 0 bridgehead atoms. The third kappa shape index (κ3) is 6.30. The number of nitrogens with zero attached hydrogens (tertiary/aromatic N) is 1. The number of nitrogens with one attached hydrogen (secondary N) is 1. The first-order valence-corrected chi connectivity index (χ1v) is 5.00. The number of hydrogen-bond donors (Lipinski definition) is 2. The zero-order valence-corrected chi connectivity index (χ0v) is 10.2. The molecule has 0 aromatic heterocycles. The minimum Gasteiger partial charge on any atom is -0.392 e. The van der Waals surface area contributed by atoms with Gasteiger partial charge >= 0.3 is 6.03 Å². The van der Waals surface area contributed by atoms with Gasteiger partial charge in [0.15, 0.2) is 0 Å². The molecule has 0 heterocycles. The molecule has 0 rings (SSSR count). The molecular weight excluding hydrogens is 196 g/mol. The quantitative estimate of drug-likeness (QED) is 0.703. The molecule has 0 saturated carbocycles. The number of likely N-dealkylation sites (N-methyl/N-ethyl adjacent to an activating group) is 1. The zero-order valence-electron chi connectivity index (χ0n) is 10.2. The fourth-order valence-electron chi connectivity index (χ4n) is 0.975. The average molecular weight is 218 g/mol. The molecule has 15 heavy (non-hydrogen) atoms. The van der Waals surface area contributed by atoms with E-state index in [2.05, 4.69) is 5.32 Å². The number of aliphatic hydroxyl groups excluding tert-OH is 1. The van der Waals surface area contributed by atoms with E-state index in [0.717, 1.165) is 0 Å². The molecule has 90 valence electrons. The molecule has 0 aliphatic heterocycles. The number of ether oxygens (including phenoxy) is 1. The molecule has 2 N–H and O–H groups in total. The molecule has 0 spiro atoms. The Bertz CT molecular complexity index is 205. The van der Waals surface area contributed by atoms with Crippen molar-refractivity contribution < 1.29 is 14.6 Å². The maximum Gasteiger partial charge on any atom is 0.317 e. The van der Waals surface area contributed by atoms with Crippen molar-refractivity contribution in [3.8, 4) is 0 Å². The zero-order chi connectivity index (χ0) is 12.1. The van der Waals surface area contributed by atoms with Crippen molar-refractivity contribution in [2.24, 2.45) is 0 Å². The van der Waals surface area contributed by atoms with E-state index in [-0.39, 0.29) is 11.6 Å². The van der Waals surface area contributed by atoms with Crippen LogP contribution in [0.2, 0.25) is 0 Å². The van der Waals surface area contributed by atoms with E-state index in [1.807, 2.05) is 13.8 Å². The van der Waals surface area contributed by atoms with Crippen molar-refractivity contribution in [1.29, 1.82) is 0 Å². The maximum atomic E-state index is 11.5. The summed E-state index contributed by atoms with van der Waals surface area (Å²) in [7, 11) is 3.24. The number of carbonyl (C=O) groups is 1. The summed E-state index contributed by atoms with van der Waals surface area (Å²) in [5, 5.41) is 11.8. The molecule has 5 nitrogen and oxygen atoms in total. The summed E-state index contributed by atoms with van der Waals surface area (Å²) >= 11 is 0. The predicted octanol–water partition coefficient (Wildman–Crippen LogP) is 0.434. The lowest BCUT2D eigenvalue weighted by Crippen LogP contribution is -2.46. The lowest BCUT2D eigenvalue weighted by molar-refractivity contribution is 0.0242. The standard InChI is InChI=1S/C10H22N2O3/c1-8(13)6-12(4)9(14)11-7-10(2,3)15-5/h8,13H,6-7H2,1-5H3,(H,11,14). The summed E-state index contributed by atoms with van der Waals surface area (Å²) in [5.41, 5.74) is -0.374. The van der Waals surface area contributed by atoms with Crippen LogP contribution in [-0.4, -0.2) is 55.0 Å². The van der Waals surface area contributed by atoms with E-state index < -0.39 is 6.10 Å². The predicted molar refractivity (Wildman–Crippen MR) is 58.8 cm³/mol. The van der Waals surface area contributed by atoms with E-state index in [0.29, 0.717) is 13.1 Å². The smallest absolute Gasteiger partial charge is 0.317 e. The number of rotatable bonds is 5. The fraction of sp³-hybridized carbons (Fsp3) is 0.900. The molecule has 5 heteroatoms. The molecule has 0 aromatic carbocycles. The summed E-state index contributed by atoms with van der Waals surface area (Å²) in [6, 6.07) is -0.207. The lowest BCUT2D eigenvalue weighted by Gasteiger charge is -2.25. The van der Waals surface area contributed by atoms with Gasteiger partial charge in [-0.3, -0.25) is 0 Å². The van der Waals surface area contributed by atoms with E-state index in [1.165, 1.54) is 4.90 Å². The third-order valence-electron chi connectivity index (χ3n) is 2.10. The van der Waals surface area contributed by atoms with Crippen molar-refractivity contribution in [2.75, 3.05) is 27.2 Å². The van der Waals surface area contributed by atoms with Gasteiger partial charge in [0, 0.05) is 27.2 Å². The number of aliphatic hydroxyl groups is 1. The first-order valence-electron chi connectivity index (χ1n) is 5.00. The molecule has 0 aliphatic carbocycles. The Morgan fingerprint density at radius 1 is 1.60 bits per heavy atom. The Morgan fingerprint density at radius 2 is 2.13 bits per heavy atom. The summed E-state index contributed by atoms with van der Waals surface area (Å²) < 4.78 is 5.17. The Morgan fingerprint density at radius 3 is 2.53 bits per heavy atom. The van der Waals surface area contributed by atoms with Crippen molar-refractivity contribution >= 4 is 6.03 Å². The van der Waals surface area contributed by atoms with Gasteiger partial charge in [0.1, 0.15) is 0 Å². The number of hydrogen-bond acceptors (Lipinski definition) is 3. The number of methoxy groups -OCH3 is 1. The van der Waals surface area contributed by atoms with Gasteiger partial charge in [0.05, 0.1) is 11.7 Å². The number of urea groups is 1. The highest BCUT2D eigenvalue weighted by atomic mass is 16.5. The van der Waals surface area contributed by atoms with Crippen LogP contribution in [0.25, 0.3) is 0 Å². The second-order valence-electron chi connectivity index (χ2n) is 4.35. The Hall–Kier alpha value is -0.810. The minimum absolute atomic E-state index is 0.207. The number of amides is 2. The van der Waals surface area contributed by atoms with E-state index in [1.54, 1.807) is 21.1 Å². The van der Waals surface area contributed by atoms with E-state index >= 15 is 0 Å². The Kier molecular flexibility index (Phi) is 5.60. The summed E-state index contributed by atoms with van der Waals surface area (Å²) in [6.07, 6.45) is -0.517. The monoisotopic (exact) mass is 218 g/mol. The molecule has 1 atom stereocenters. The summed E-state index contributed by atoms with van der Waals surface area (Å²) in [6.45, 7) is 6.18. The molecule has 2 amide bonds. The molecule has 0 saturated heterocycles. The second kappa shape index (κ2) is 5.92. The van der Waals surface area contributed by atoms with Crippen LogP contribution in [-0.2, 0) is 4.74 Å². The SMILES string of the molecule is COC(C)(C)CNC(=O)N(C)CC(C)O. The van der Waals surface area contributed by atoms with Crippen LogP contribution in [0.15, 0.2) is 0 Å². The van der Waals surface area contributed by atoms with Crippen molar-refractivity contribution in [1.82, 2.24) is 10.2 Å². The topological polar surface area (TPSA) is 61.8 Å². The molecule has 0 aliphatic rings. The van der Waals surface area contributed by atoms with E-state index in [9.17, 15) is 4.79 Å². The van der Waals surface area contributed by atoms with Crippen LogP contribution < -0.4 is 5.32 Å². The minimum atomic E-state index is -0.517. The molecular formula is C10H22N2O3. The van der Waals surface area contributed by atoms with Gasteiger partial charge in [-0.2, -0.15) is 0 Å². The van der Waals surface area contributed by atoms with Crippen LogP contribution in [0.4, 0.5) is 4.79 Å². The third-order valence-corrected chi connectivity index (χ3v) is 2.10. The van der Waals surface area contributed by atoms with Gasteiger partial charge in [-0.05, 0) is 20.8 Å².